The number of nitrogens with two attached hydrogens (primary N) is 1. The number of amides is 1. The van der Waals surface area contributed by atoms with Crippen LogP contribution in [0.3, 0.4) is 0 Å². The Morgan fingerprint density at radius 1 is 1.40 bits per heavy atom. The number of hydrogen-bond donors (Lipinski definition) is 3. The standard InChI is InChI=1S/C14H21N3O3/c1-9-8-10(17(2)3)4-6-12(9)16-14(20)11(15)5-7-13(18)19/h4,6,8,11H,5,7,15H2,1-3H3,(H,16,20)(H,18,19). The molecule has 0 radical (unpaired) electrons. The molecule has 20 heavy (non-hydrogen) atoms. The topological polar surface area (TPSA) is 95.7 Å². The Balaban J connectivity index is 2.68. The van der Waals surface area contributed by atoms with E-state index in [0.717, 1.165) is 11.3 Å². The van der Waals surface area contributed by atoms with Crippen molar-refractivity contribution in [2.45, 2.75) is 25.8 Å². The van der Waals surface area contributed by atoms with E-state index >= 15 is 0 Å². The lowest BCUT2D eigenvalue weighted by molar-refractivity contribution is -0.137. The highest BCUT2D eigenvalue weighted by molar-refractivity contribution is 5.95. The number of nitrogens with zero attached hydrogens (tertiary/aromatic N) is 1. The van der Waals surface area contributed by atoms with Gasteiger partial charge in [0.2, 0.25) is 5.91 Å². The maximum Gasteiger partial charge on any atom is 0.303 e. The van der Waals surface area contributed by atoms with Gasteiger partial charge in [0, 0.05) is 31.9 Å². The van der Waals surface area contributed by atoms with Gasteiger partial charge in [-0.2, -0.15) is 0 Å². The van der Waals surface area contributed by atoms with Crippen LogP contribution in [0.4, 0.5) is 11.4 Å². The maximum atomic E-state index is 11.9. The number of carboxylic acids is 1. The zero-order valence-corrected chi connectivity index (χ0v) is 12.0. The summed E-state index contributed by atoms with van der Waals surface area (Å²) in [5.74, 6) is -1.33. The number of carboxylic acid groups (broad SMARTS) is 1. The monoisotopic (exact) mass is 279 g/mol. The predicted molar refractivity (Wildman–Crippen MR) is 79.0 cm³/mol. The average molecular weight is 279 g/mol. The maximum absolute atomic E-state index is 11.9. The molecule has 4 N–H and O–H groups in total. The second-order valence-corrected chi connectivity index (χ2v) is 4.92. The number of hydrogen-bond acceptors (Lipinski definition) is 4. The summed E-state index contributed by atoms with van der Waals surface area (Å²) < 4.78 is 0. The molecule has 110 valence electrons. The summed E-state index contributed by atoms with van der Waals surface area (Å²) >= 11 is 0. The molecule has 0 aromatic heterocycles. The first-order valence-corrected chi connectivity index (χ1v) is 6.37. The Morgan fingerprint density at radius 2 is 2.05 bits per heavy atom. The van der Waals surface area contributed by atoms with Crippen molar-refractivity contribution in [2.24, 2.45) is 5.73 Å². The summed E-state index contributed by atoms with van der Waals surface area (Å²) in [6.07, 6.45) is 0.00311. The molecule has 6 nitrogen and oxygen atoms in total. The molecule has 1 amide bonds. The fourth-order valence-corrected chi connectivity index (χ4v) is 1.70. The molecule has 1 unspecified atom stereocenters. The molecule has 0 saturated carbocycles. The zero-order chi connectivity index (χ0) is 15.3. The van der Waals surface area contributed by atoms with Gasteiger partial charge in [0.15, 0.2) is 0 Å². The van der Waals surface area contributed by atoms with E-state index in [2.05, 4.69) is 5.32 Å². The molecule has 0 fully saturated rings. The van der Waals surface area contributed by atoms with E-state index in [4.69, 9.17) is 10.8 Å². The van der Waals surface area contributed by atoms with Crippen molar-refractivity contribution in [3.05, 3.63) is 23.8 Å². The van der Waals surface area contributed by atoms with Crippen LogP contribution in [0.5, 0.6) is 0 Å². The van der Waals surface area contributed by atoms with Crippen LogP contribution in [0.1, 0.15) is 18.4 Å². The van der Waals surface area contributed by atoms with Crippen LogP contribution < -0.4 is 16.0 Å². The fourth-order valence-electron chi connectivity index (χ4n) is 1.70. The van der Waals surface area contributed by atoms with Gasteiger partial charge in [-0.1, -0.05) is 0 Å². The number of nitrogens with one attached hydrogen (secondary N) is 1. The quantitative estimate of drug-likeness (QED) is 0.727. The highest BCUT2D eigenvalue weighted by Crippen LogP contribution is 2.21. The van der Waals surface area contributed by atoms with E-state index in [1.165, 1.54) is 0 Å². The number of benzene rings is 1. The lowest BCUT2D eigenvalue weighted by Crippen LogP contribution is -2.36. The van der Waals surface area contributed by atoms with E-state index in [1.54, 1.807) is 0 Å². The van der Waals surface area contributed by atoms with Crippen molar-refractivity contribution in [3.8, 4) is 0 Å². The minimum absolute atomic E-state index is 0.118. The third-order valence-electron chi connectivity index (χ3n) is 2.99. The van der Waals surface area contributed by atoms with Crippen molar-refractivity contribution in [3.63, 3.8) is 0 Å². The Kier molecular flexibility index (Phi) is 5.52. The highest BCUT2D eigenvalue weighted by atomic mass is 16.4. The number of rotatable bonds is 6. The van der Waals surface area contributed by atoms with Crippen LogP contribution in [-0.4, -0.2) is 37.1 Å². The molecule has 1 aromatic carbocycles. The summed E-state index contributed by atoms with van der Waals surface area (Å²) in [5.41, 5.74) is 8.31. The Morgan fingerprint density at radius 3 is 2.55 bits per heavy atom. The fraction of sp³-hybridized carbons (Fsp3) is 0.429. The van der Waals surface area contributed by atoms with Gasteiger partial charge < -0.3 is 21.1 Å². The van der Waals surface area contributed by atoms with E-state index in [1.807, 2.05) is 44.1 Å². The van der Waals surface area contributed by atoms with Gasteiger partial charge in [-0.25, -0.2) is 0 Å². The van der Waals surface area contributed by atoms with Gasteiger partial charge in [0.25, 0.3) is 0 Å². The molecule has 1 atom stereocenters. The molecule has 0 saturated heterocycles. The van der Waals surface area contributed by atoms with Crippen molar-refractivity contribution < 1.29 is 14.7 Å². The smallest absolute Gasteiger partial charge is 0.303 e. The second-order valence-electron chi connectivity index (χ2n) is 4.92. The summed E-state index contributed by atoms with van der Waals surface area (Å²) in [7, 11) is 3.88. The van der Waals surface area contributed by atoms with Gasteiger partial charge >= 0.3 is 5.97 Å². The van der Waals surface area contributed by atoms with Crippen LogP contribution in [0.25, 0.3) is 0 Å². The largest absolute Gasteiger partial charge is 0.481 e. The van der Waals surface area contributed by atoms with Crippen molar-refractivity contribution in [1.82, 2.24) is 0 Å². The molecule has 0 heterocycles. The number of carbonyl (C=O) groups excluding carboxylic acids is 1. The number of carbonyl (C=O) groups is 2. The molecule has 1 aromatic rings. The van der Waals surface area contributed by atoms with Gasteiger partial charge in [0.05, 0.1) is 6.04 Å². The van der Waals surface area contributed by atoms with Gasteiger partial charge in [0.1, 0.15) is 0 Å². The average Bonchev–Trinajstić information content (AvgIpc) is 2.37. The molecular weight excluding hydrogens is 258 g/mol. The molecule has 6 heteroatoms. The molecule has 0 aliphatic rings. The molecular formula is C14H21N3O3. The minimum atomic E-state index is -0.959. The summed E-state index contributed by atoms with van der Waals surface area (Å²) in [6, 6.07) is 4.84. The highest BCUT2D eigenvalue weighted by Gasteiger charge is 2.15. The Hall–Kier alpha value is -2.08. The van der Waals surface area contributed by atoms with E-state index in [-0.39, 0.29) is 18.7 Å². The second kappa shape index (κ2) is 6.91. The van der Waals surface area contributed by atoms with E-state index in [0.29, 0.717) is 5.69 Å². The zero-order valence-electron chi connectivity index (χ0n) is 12.0. The number of aryl methyl sites for hydroxylation is 1. The Labute approximate surface area is 118 Å². The molecule has 0 bridgehead atoms. The predicted octanol–water partition coefficient (Wildman–Crippen LogP) is 1.19. The first-order valence-electron chi connectivity index (χ1n) is 6.37. The van der Waals surface area contributed by atoms with Gasteiger partial charge in [-0.05, 0) is 37.1 Å². The normalized spacial score (nSPS) is 11.8. The van der Waals surface area contributed by atoms with Gasteiger partial charge in [-0.3, -0.25) is 9.59 Å². The first-order chi connectivity index (χ1) is 9.31. The van der Waals surface area contributed by atoms with Gasteiger partial charge in [-0.15, -0.1) is 0 Å². The summed E-state index contributed by atoms with van der Waals surface area (Å²) in [5, 5.41) is 11.3. The van der Waals surface area contributed by atoms with Crippen LogP contribution in [0.15, 0.2) is 18.2 Å². The van der Waals surface area contributed by atoms with Crippen molar-refractivity contribution in [1.29, 1.82) is 0 Å². The Bertz CT molecular complexity index is 500. The lowest BCUT2D eigenvalue weighted by Gasteiger charge is -2.17. The lowest BCUT2D eigenvalue weighted by atomic mass is 10.1. The molecule has 0 spiro atoms. The molecule has 0 aliphatic carbocycles. The minimum Gasteiger partial charge on any atom is -0.481 e. The number of anilines is 2. The molecule has 1 rings (SSSR count). The SMILES string of the molecule is Cc1cc(N(C)C)ccc1NC(=O)C(N)CCC(=O)O. The third kappa shape index (κ3) is 4.55. The van der Waals surface area contributed by atoms with Crippen LogP contribution in [0, 0.1) is 6.92 Å². The third-order valence-corrected chi connectivity index (χ3v) is 2.99. The summed E-state index contributed by atoms with van der Waals surface area (Å²) in [4.78, 5) is 24.3. The van der Waals surface area contributed by atoms with E-state index in [9.17, 15) is 9.59 Å². The van der Waals surface area contributed by atoms with Crippen molar-refractivity contribution >= 4 is 23.3 Å². The van der Waals surface area contributed by atoms with Crippen molar-refractivity contribution in [2.75, 3.05) is 24.3 Å². The van der Waals surface area contributed by atoms with Crippen LogP contribution in [0.2, 0.25) is 0 Å². The van der Waals surface area contributed by atoms with Crippen LogP contribution in [-0.2, 0) is 9.59 Å². The molecule has 0 aliphatic heterocycles. The summed E-state index contributed by atoms with van der Waals surface area (Å²) in [6.45, 7) is 1.89. The number of aliphatic carboxylic acids is 1. The first kappa shape index (κ1) is 16.0. The van der Waals surface area contributed by atoms with Crippen LogP contribution >= 0.6 is 0 Å². The van der Waals surface area contributed by atoms with E-state index < -0.39 is 12.0 Å².